The van der Waals surface area contributed by atoms with Crippen LogP contribution in [0.3, 0.4) is 0 Å². The van der Waals surface area contributed by atoms with Gasteiger partial charge in [0.25, 0.3) is 5.91 Å². The molecule has 5 nitrogen and oxygen atoms in total. The van der Waals surface area contributed by atoms with Gasteiger partial charge in [-0.3, -0.25) is 4.79 Å². The third-order valence-corrected chi connectivity index (χ3v) is 3.70. The molecule has 1 heterocycles. The smallest absolute Gasteiger partial charge is 0.267 e. The Labute approximate surface area is 131 Å². The molecule has 1 amide bonds. The molecule has 1 aliphatic heterocycles. The number of aryl methyl sites for hydroxylation is 2. The zero-order valence-electron chi connectivity index (χ0n) is 13.1. The summed E-state index contributed by atoms with van der Waals surface area (Å²) in [4.78, 5) is 14.3. The number of carbonyl (C=O) groups excluding carboxylic acids is 1. The second-order valence-electron chi connectivity index (χ2n) is 5.22. The lowest BCUT2D eigenvalue weighted by Gasteiger charge is -2.25. The van der Waals surface area contributed by atoms with E-state index in [2.05, 4.69) is 5.32 Å². The minimum Gasteiger partial charge on any atom is -0.378 e. The summed E-state index contributed by atoms with van der Waals surface area (Å²) in [7, 11) is 0. The molecule has 116 valence electrons. The highest BCUT2D eigenvalue weighted by Gasteiger charge is 2.15. The summed E-state index contributed by atoms with van der Waals surface area (Å²) in [6.45, 7) is 6.63. The molecule has 5 heteroatoms. The fourth-order valence-corrected chi connectivity index (χ4v) is 2.41. The van der Waals surface area contributed by atoms with Crippen molar-refractivity contribution in [3.63, 3.8) is 0 Å². The van der Waals surface area contributed by atoms with Crippen LogP contribution in [-0.4, -0.2) is 37.1 Å². The number of nitriles is 1. The molecule has 2 rings (SSSR count). The number of benzene rings is 1. The van der Waals surface area contributed by atoms with Gasteiger partial charge in [-0.05, 0) is 24.5 Å². The summed E-state index contributed by atoms with van der Waals surface area (Å²) in [5.74, 6) is -0.363. The van der Waals surface area contributed by atoms with E-state index in [0.29, 0.717) is 26.3 Å². The summed E-state index contributed by atoms with van der Waals surface area (Å²) < 4.78 is 5.26. The van der Waals surface area contributed by atoms with E-state index in [1.54, 1.807) is 6.20 Å². The second kappa shape index (κ2) is 7.62. The predicted molar refractivity (Wildman–Crippen MR) is 85.3 cm³/mol. The van der Waals surface area contributed by atoms with Gasteiger partial charge in [0, 0.05) is 25.0 Å². The van der Waals surface area contributed by atoms with Gasteiger partial charge in [0.1, 0.15) is 11.6 Å². The first-order chi connectivity index (χ1) is 10.7. The van der Waals surface area contributed by atoms with Gasteiger partial charge in [0.15, 0.2) is 0 Å². The summed E-state index contributed by atoms with van der Waals surface area (Å²) in [6.07, 6.45) is 2.45. The van der Waals surface area contributed by atoms with Gasteiger partial charge in [0.05, 0.1) is 13.2 Å². The molecule has 0 spiro atoms. The van der Waals surface area contributed by atoms with Crippen molar-refractivity contribution in [2.24, 2.45) is 0 Å². The van der Waals surface area contributed by atoms with E-state index in [-0.39, 0.29) is 11.5 Å². The number of ether oxygens (including phenoxy) is 1. The fourth-order valence-electron chi connectivity index (χ4n) is 2.41. The molecule has 1 aromatic carbocycles. The summed E-state index contributed by atoms with van der Waals surface area (Å²) in [5, 5.41) is 12.1. The van der Waals surface area contributed by atoms with Crippen LogP contribution in [0.2, 0.25) is 0 Å². The van der Waals surface area contributed by atoms with E-state index in [0.717, 1.165) is 23.2 Å². The summed E-state index contributed by atoms with van der Waals surface area (Å²) >= 11 is 0. The van der Waals surface area contributed by atoms with Crippen molar-refractivity contribution >= 4 is 11.6 Å². The second-order valence-corrected chi connectivity index (χ2v) is 5.22. The van der Waals surface area contributed by atoms with Crippen LogP contribution >= 0.6 is 0 Å². The van der Waals surface area contributed by atoms with E-state index in [1.165, 1.54) is 0 Å². The number of hydrogen-bond donors (Lipinski definition) is 1. The molecule has 0 aliphatic carbocycles. The normalized spacial score (nSPS) is 15.3. The van der Waals surface area contributed by atoms with Gasteiger partial charge < -0.3 is 15.0 Å². The van der Waals surface area contributed by atoms with Crippen molar-refractivity contribution < 1.29 is 9.53 Å². The van der Waals surface area contributed by atoms with Gasteiger partial charge in [-0.2, -0.15) is 5.26 Å². The highest BCUT2D eigenvalue weighted by atomic mass is 16.5. The average molecular weight is 299 g/mol. The Kier molecular flexibility index (Phi) is 5.56. The lowest BCUT2D eigenvalue weighted by Crippen LogP contribution is -2.33. The van der Waals surface area contributed by atoms with E-state index >= 15 is 0 Å². The third-order valence-electron chi connectivity index (χ3n) is 3.70. The molecule has 0 atom stereocenters. The van der Waals surface area contributed by atoms with Crippen LogP contribution in [0.1, 0.15) is 18.1 Å². The van der Waals surface area contributed by atoms with Crippen molar-refractivity contribution in [3.05, 3.63) is 41.1 Å². The first kappa shape index (κ1) is 16.1. The quantitative estimate of drug-likeness (QED) is 0.684. The number of amides is 1. The molecule has 0 radical (unpaired) electrons. The van der Waals surface area contributed by atoms with Crippen LogP contribution in [0.5, 0.6) is 0 Å². The molecule has 1 N–H and O–H groups in total. The molecule has 0 aromatic heterocycles. The van der Waals surface area contributed by atoms with E-state index in [9.17, 15) is 10.1 Å². The van der Waals surface area contributed by atoms with Gasteiger partial charge in [0.2, 0.25) is 0 Å². The minimum atomic E-state index is -0.363. The molecular weight excluding hydrogens is 278 g/mol. The Bertz CT molecular complexity index is 611. The van der Waals surface area contributed by atoms with Crippen molar-refractivity contribution in [2.75, 3.05) is 31.6 Å². The van der Waals surface area contributed by atoms with Crippen LogP contribution in [0, 0.1) is 18.3 Å². The number of rotatable bonds is 4. The number of nitrogens with one attached hydrogen (secondary N) is 1. The fraction of sp³-hybridized carbons (Fsp3) is 0.412. The molecule has 1 aliphatic rings. The van der Waals surface area contributed by atoms with Crippen LogP contribution in [0.15, 0.2) is 30.0 Å². The van der Waals surface area contributed by atoms with E-state index in [4.69, 9.17) is 4.74 Å². The van der Waals surface area contributed by atoms with Crippen molar-refractivity contribution in [2.45, 2.75) is 20.3 Å². The first-order valence-electron chi connectivity index (χ1n) is 7.49. The number of hydrogen-bond acceptors (Lipinski definition) is 4. The van der Waals surface area contributed by atoms with Crippen LogP contribution in [-0.2, 0) is 16.0 Å². The van der Waals surface area contributed by atoms with Crippen LogP contribution in [0.25, 0.3) is 0 Å². The maximum absolute atomic E-state index is 12.4. The zero-order valence-corrected chi connectivity index (χ0v) is 13.1. The number of carbonyl (C=O) groups is 1. The molecule has 1 saturated heterocycles. The first-order valence-corrected chi connectivity index (χ1v) is 7.49. The number of nitrogens with zero attached hydrogens (tertiary/aromatic N) is 2. The molecule has 0 saturated carbocycles. The topological polar surface area (TPSA) is 65.4 Å². The molecule has 1 fully saturated rings. The van der Waals surface area contributed by atoms with Crippen LogP contribution < -0.4 is 5.32 Å². The maximum atomic E-state index is 12.4. The van der Waals surface area contributed by atoms with Gasteiger partial charge in [-0.15, -0.1) is 0 Å². The van der Waals surface area contributed by atoms with Crippen LogP contribution in [0.4, 0.5) is 5.69 Å². The van der Waals surface area contributed by atoms with Gasteiger partial charge in [-0.1, -0.05) is 25.1 Å². The van der Waals surface area contributed by atoms with Gasteiger partial charge in [-0.25, -0.2) is 0 Å². The Morgan fingerprint density at radius 2 is 2.18 bits per heavy atom. The Hall–Kier alpha value is -2.32. The SMILES string of the molecule is CCc1cccc(C)c1NC(=O)/C(C#N)=C\N1CCOCC1. The zero-order chi connectivity index (χ0) is 15.9. The Morgan fingerprint density at radius 1 is 1.45 bits per heavy atom. The maximum Gasteiger partial charge on any atom is 0.267 e. The predicted octanol–water partition coefficient (Wildman–Crippen LogP) is 2.24. The Balaban J connectivity index is 2.16. The Morgan fingerprint density at radius 3 is 2.82 bits per heavy atom. The van der Waals surface area contributed by atoms with Gasteiger partial charge >= 0.3 is 0 Å². The lowest BCUT2D eigenvalue weighted by molar-refractivity contribution is -0.112. The molecule has 0 bridgehead atoms. The highest BCUT2D eigenvalue weighted by molar-refractivity contribution is 6.07. The lowest BCUT2D eigenvalue weighted by atomic mass is 10.1. The number of para-hydroxylation sites is 1. The average Bonchev–Trinajstić information content (AvgIpc) is 2.55. The third kappa shape index (κ3) is 3.86. The molecule has 22 heavy (non-hydrogen) atoms. The summed E-state index contributed by atoms with van der Waals surface area (Å²) in [6, 6.07) is 7.90. The monoisotopic (exact) mass is 299 g/mol. The minimum absolute atomic E-state index is 0.118. The molecular formula is C17H21N3O2. The van der Waals surface area contributed by atoms with Crippen molar-refractivity contribution in [3.8, 4) is 6.07 Å². The largest absolute Gasteiger partial charge is 0.378 e. The molecule has 0 unspecified atom stereocenters. The standard InChI is InChI=1S/C17H21N3O2/c1-3-14-6-4-5-13(2)16(14)19-17(21)15(11-18)12-20-7-9-22-10-8-20/h4-6,12H,3,7-10H2,1-2H3,(H,19,21)/b15-12-. The van der Waals surface area contributed by atoms with Crippen molar-refractivity contribution in [1.29, 1.82) is 5.26 Å². The van der Waals surface area contributed by atoms with E-state index < -0.39 is 0 Å². The highest BCUT2D eigenvalue weighted by Crippen LogP contribution is 2.21. The number of anilines is 1. The molecule has 1 aromatic rings. The van der Waals surface area contributed by atoms with Crippen molar-refractivity contribution in [1.82, 2.24) is 4.90 Å². The summed E-state index contributed by atoms with van der Waals surface area (Å²) in [5.41, 5.74) is 2.98. The number of morpholine rings is 1. The van der Waals surface area contributed by atoms with E-state index in [1.807, 2.05) is 43.0 Å².